The van der Waals surface area contributed by atoms with Crippen LogP contribution in [0.4, 0.5) is 4.39 Å². The van der Waals surface area contributed by atoms with Crippen molar-refractivity contribution in [1.82, 2.24) is 5.32 Å². The number of nitrogens with one attached hydrogen (secondary N) is 1. The molecule has 3 rings (SSSR count). The van der Waals surface area contributed by atoms with Crippen molar-refractivity contribution in [2.75, 3.05) is 26.4 Å². The number of carbonyl (C=O) groups is 1. The van der Waals surface area contributed by atoms with Crippen LogP contribution in [-0.4, -0.2) is 32.3 Å². The molecule has 0 spiro atoms. The minimum Gasteiger partial charge on any atom is -0.494 e. The number of hydrogen-bond donors (Lipinski definition) is 1. The summed E-state index contributed by atoms with van der Waals surface area (Å²) in [7, 11) is 0. The third kappa shape index (κ3) is 4.59. The predicted octanol–water partition coefficient (Wildman–Crippen LogP) is 5.01. The molecule has 1 fully saturated rings. The molecule has 1 amide bonds. The molecule has 0 radical (unpaired) electrons. The Labute approximate surface area is 173 Å². The van der Waals surface area contributed by atoms with Gasteiger partial charge in [-0.25, -0.2) is 4.39 Å². The highest BCUT2D eigenvalue weighted by Crippen LogP contribution is 2.35. The van der Waals surface area contributed by atoms with Gasteiger partial charge in [-0.05, 0) is 49.6 Å². The normalized spacial score (nSPS) is 15.9. The lowest BCUT2D eigenvalue weighted by molar-refractivity contribution is 0.0487. The van der Waals surface area contributed by atoms with Gasteiger partial charge < -0.3 is 14.8 Å². The van der Waals surface area contributed by atoms with Gasteiger partial charge in [0.25, 0.3) is 5.91 Å². The van der Waals surface area contributed by atoms with Crippen LogP contribution in [0.15, 0.2) is 36.4 Å². The molecular weight excluding hydrogens is 404 g/mol. The molecule has 1 N–H and O–H groups in total. The Kier molecular flexibility index (Phi) is 6.81. The molecule has 2 aromatic rings. The lowest BCUT2D eigenvalue weighted by atomic mass is 9.74. The van der Waals surface area contributed by atoms with Gasteiger partial charge in [-0.15, -0.1) is 0 Å². The Bertz CT molecular complexity index is 836. The Morgan fingerprint density at radius 2 is 1.86 bits per heavy atom. The van der Waals surface area contributed by atoms with E-state index < -0.39 is 11.7 Å². The number of hydrogen-bond acceptors (Lipinski definition) is 3. The van der Waals surface area contributed by atoms with Crippen LogP contribution in [0.5, 0.6) is 5.75 Å². The van der Waals surface area contributed by atoms with Gasteiger partial charge in [0.2, 0.25) is 0 Å². The number of benzene rings is 2. The van der Waals surface area contributed by atoms with E-state index in [1.165, 1.54) is 6.07 Å². The van der Waals surface area contributed by atoms with E-state index in [0.717, 1.165) is 30.2 Å². The Morgan fingerprint density at radius 1 is 1.18 bits per heavy atom. The highest BCUT2D eigenvalue weighted by Gasteiger charge is 2.35. The first-order chi connectivity index (χ1) is 13.4. The predicted molar refractivity (Wildman–Crippen MR) is 108 cm³/mol. The zero-order chi connectivity index (χ0) is 20.1. The first kappa shape index (κ1) is 20.9. The van der Waals surface area contributed by atoms with Gasteiger partial charge in [0.15, 0.2) is 0 Å². The summed E-state index contributed by atoms with van der Waals surface area (Å²) in [5, 5.41) is 2.92. The van der Waals surface area contributed by atoms with Gasteiger partial charge in [-0.1, -0.05) is 35.3 Å². The third-order valence-electron chi connectivity index (χ3n) is 5.07. The second-order valence-corrected chi connectivity index (χ2v) is 7.59. The van der Waals surface area contributed by atoms with E-state index in [0.29, 0.717) is 26.4 Å². The van der Waals surface area contributed by atoms with E-state index in [9.17, 15) is 9.18 Å². The third-order valence-corrected chi connectivity index (χ3v) is 5.67. The molecule has 4 nitrogen and oxygen atoms in total. The van der Waals surface area contributed by atoms with E-state index in [-0.39, 0.29) is 21.0 Å². The molecule has 0 bridgehead atoms. The standard InChI is InChI=1S/C21H22Cl2FNO3/c1-2-28-15-5-3-14(4-6-15)21(7-9-27-10-8-21)13-25-20(26)16-11-19(24)18(23)12-17(16)22/h3-6,11-12H,2,7-10,13H2,1H3,(H,25,26). The van der Waals surface area contributed by atoms with Gasteiger partial charge in [-0.2, -0.15) is 0 Å². The highest BCUT2D eigenvalue weighted by molar-refractivity contribution is 6.36. The summed E-state index contributed by atoms with van der Waals surface area (Å²) in [4.78, 5) is 12.6. The quantitative estimate of drug-likeness (QED) is 0.661. The molecule has 150 valence electrons. The summed E-state index contributed by atoms with van der Waals surface area (Å²) in [5.74, 6) is -0.304. The van der Waals surface area contributed by atoms with Gasteiger partial charge in [-0.3, -0.25) is 4.79 Å². The van der Waals surface area contributed by atoms with Crippen LogP contribution in [0, 0.1) is 5.82 Å². The van der Waals surface area contributed by atoms with Crippen molar-refractivity contribution < 1.29 is 18.7 Å². The Hall–Kier alpha value is -1.82. The molecule has 1 aliphatic rings. The maximum absolute atomic E-state index is 13.8. The van der Waals surface area contributed by atoms with Crippen molar-refractivity contribution in [2.45, 2.75) is 25.2 Å². The fourth-order valence-corrected chi connectivity index (χ4v) is 3.91. The molecule has 0 saturated carbocycles. The zero-order valence-electron chi connectivity index (χ0n) is 15.6. The molecule has 0 unspecified atom stereocenters. The molecule has 1 heterocycles. The van der Waals surface area contributed by atoms with Crippen LogP contribution in [-0.2, 0) is 10.2 Å². The van der Waals surface area contributed by atoms with Crippen molar-refractivity contribution in [3.05, 3.63) is 63.4 Å². The number of ether oxygens (including phenoxy) is 2. The summed E-state index contributed by atoms with van der Waals surface area (Å²) in [5.41, 5.74) is 0.904. The zero-order valence-corrected chi connectivity index (χ0v) is 17.1. The summed E-state index contributed by atoms with van der Waals surface area (Å²) in [6, 6.07) is 10.2. The minimum atomic E-state index is -0.677. The largest absolute Gasteiger partial charge is 0.494 e. The molecule has 28 heavy (non-hydrogen) atoms. The van der Waals surface area contributed by atoms with E-state index in [1.807, 2.05) is 31.2 Å². The fourth-order valence-electron chi connectivity index (χ4n) is 3.44. The summed E-state index contributed by atoms with van der Waals surface area (Å²) in [6.45, 7) is 4.16. The fraction of sp³-hybridized carbons (Fsp3) is 0.381. The smallest absolute Gasteiger partial charge is 0.252 e. The molecule has 1 aliphatic heterocycles. The number of rotatable bonds is 6. The van der Waals surface area contributed by atoms with Gasteiger partial charge in [0.05, 0.1) is 22.2 Å². The number of amides is 1. The average molecular weight is 426 g/mol. The van der Waals surface area contributed by atoms with Crippen molar-refractivity contribution in [3.8, 4) is 5.75 Å². The van der Waals surface area contributed by atoms with Crippen LogP contribution in [0.2, 0.25) is 10.0 Å². The van der Waals surface area contributed by atoms with Crippen molar-refractivity contribution in [2.24, 2.45) is 0 Å². The van der Waals surface area contributed by atoms with E-state index >= 15 is 0 Å². The average Bonchev–Trinajstić information content (AvgIpc) is 2.70. The molecule has 0 aliphatic carbocycles. The first-order valence-corrected chi connectivity index (χ1v) is 9.94. The van der Waals surface area contributed by atoms with Crippen molar-refractivity contribution in [1.29, 1.82) is 0 Å². The Balaban J connectivity index is 1.79. The maximum Gasteiger partial charge on any atom is 0.252 e. The first-order valence-electron chi connectivity index (χ1n) is 9.19. The van der Waals surface area contributed by atoms with Crippen molar-refractivity contribution in [3.63, 3.8) is 0 Å². The molecule has 2 aromatic carbocycles. The molecule has 0 aromatic heterocycles. The number of carbonyl (C=O) groups excluding carboxylic acids is 1. The van der Waals surface area contributed by atoms with Crippen LogP contribution in [0.1, 0.15) is 35.7 Å². The van der Waals surface area contributed by atoms with E-state index in [1.54, 1.807) is 0 Å². The van der Waals surface area contributed by atoms with Crippen molar-refractivity contribution >= 4 is 29.1 Å². The lowest BCUT2D eigenvalue weighted by Gasteiger charge is -2.38. The monoisotopic (exact) mass is 425 g/mol. The Morgan fingerprint density at radius 3 is 2.50 bits per heavy atom. The summed E-state index contributed by atoms with van der Waals surface area (Å²) < 4.78 is 24.8. The second kappa shape index (κ2) is 9.12. The van der Waals surface area contributed by atoms with Crippen LogP contribution in [0.25, 0.3) is 0 Å². The summed E-state index contributed by atoms with van der Waals surface area (Å²) in [6.07, 6.45) is 1.54. The van der Waals surface area contributed by atoms with Crippen LogP contribution >= 0.6 is 23.2 Å². The van der Waals surface area contributed by atoms with E-state index in [2.05, 4.69) is 5.32 Å². The molecule has 7 heteroatoms. The number of halogens is 3. The van der Waals surface area contributed by atoms with Gasteiger partial charge in [0, 0.05) is 25.2 Å². The van der Waals surface area contributed by atoms with Gasteiger partial charge >= 0.3 is 0 Å². The molecule has 1 saturated heterocycles. The van der Waals surface area contributed by atoms with Crippen LogP contribution in [0.3, 0.4) is 0 Å². The molecule has 0 atom stereocenters. The summed E-state index contributed by atoms with van der Waals surface area (Å²) >= 11 is 11.8. The SMILES string of the molecule is CCOc1ccc(C2(CNC(=O)c3cc(F)c(Cl)cc3Cl)CCOCC2)cc1. The topological polar surface area (TPSA) is 47.6 Å². The molecular formula is C21H22Cl2FNO3. The lowest BCUT2D eigenvalue weighted by Crippen LogP contribution is -2.44. The highest BCUT2D eigenvalue weighted by atomic mass is 35.5. The maximum atomic E-state index is 13.8. The van der Waals surface area contributed by atoms with Gasteiger partial charge in [0.1, 0.15) is 11.6 Å². The second-order valence-electron chi connectivity index (χ2n) is 6.78. The van der Waals surface area contributed by atoms with Crippen LogP contribution < -0.4 is 10.1 Å². The van der Waals surface area contributed by atoms with E-state index in [4.69, 9.17) is 32.7 Å². The minimum absolute atomic E-state index is 0.0671.